The zero-order chi connectivity index (χ0) is 13.8. The molecule has 2 heterocycles. The molecule has 1 fully saturated rings. The van der Waals surface area contributed by atoms with Gasteiger partial charge in [-0.2, -0.15) is 0 Å². The Morgan fingerprint density at radius 1 is 1.47 bits per heavy atom. The first-order valence-electron chi connectivity index (χ1n) is 6.62. The second kappa shape index (κ2) is 6.19. The molecule has 0 aromatic carbocycles. The fourth-order valence-electron chi connectivity index (χ4n) is 2.38. The second-order valence-electron chi connectivity index (χ2n) is 5.03. The molecule has 1 atom stereocenters. The van der Waals surface area contributed by atoms with E-state index in [1.54, 1.807) is 16.2 Å². The van der Waals surface area contributed by atoms with E-state index in [1.165, 1.54) is 9.75 Å². The Bertz CT molecular complexity index is 469. The molecule has 0 aliphatic carbocycles. The van der Waals surface area contributed by atoms with Gasteiger partial charge in [-0.25, -0.2) is 0 Å². The van der Waals surface area contributed by atoms with E-state index in [1.807, 2.05) is 0 Å². The average Bonchev–Trinajstić information content (AvgIpc) is 2.98. The van der Waals surface area contributed by atoms with Crippen molar-refractivity contribution in [3.8, 4) is 0 Å². The van der Waals surface area contributed by atoms with Gasteiger partial charge in [0.15, 0.2) is 0 Å². The number of likely N-dealkylation sites (tertiary alicyclic amines) is 1. The normalized spacial score (nSPS) is 18.8. The topological polar surface area (TPSA) is 57.6 Å². The zero-order valence-electron chi connectivity index (χ0n) is 11.1. The van der Waals surface area contributed by atoms with Gasteiger partial charge in [0, 0.05) is 29.3 Å². The molecule has 19 heavy (non-hydrogen) atoms. The minimum absolute atomic E-state index is 0.0945. The third-order valence-corrected chi connectivity index (χ3v) is 4.56. The molecule has 1 aliphatic rings. The molecule has 0 saturated carbocycles. The molecule has 0 bridgehead atoms. The van der Waals surface area contributed by atoms with Crippen LogP contribution in [0.3, 0.4) is 0 Å². The van der Waals surface area contributed by atoms with Crippen LogP contribution in [0.2, 0.25) is 0 Å². The quantitative estimate of drug-likeness (QED) is 0.901. The third kappa shape index (κ3) is 3.80. The number of thiophene rings is 1. The van der Waals surface area contributed by atoms with Crippen molar-refractivity contribution in [2.24, 2.45) is 5.92 Å². The maximum absolute atomic E-state index is 11.9. The van der Waals surface area contributed by atoms with Crippen molar-refractivity contribution in [1.82, 2.24) is 4.90 Å². The van der Waals surface area contributed by atoms with E-state index in [9.17, 15) is 9.59 Å². The lowest BCUT2D eigenvalue weighted by Crippen LogP contribution is -2.29. The summed E-state index contributed by atoms with van der Waals surface area (Å²) in [6, 6.07) is 4.21. The minimum atomic E-state index is -0.788. The summed E-state index contributed by atoms with van der Waals surface area (Å²) in [5.74, 6) is -1.06. The second-order valence-corrected chi connectivity index (χ2v) is 6.40. The Labute approximate surface area is 117 Å². The molecule has 1 saturated heterocycles. The van der Waals surface area contributed by atoms with E-state index in [4.69, 9.17) is 5.11 Å². The summed E-state index contributed by atoms with van der Waals surface area (Å²) in [5, 5.41) is 8.90. The molecule has 1 amide bonds. The van der Waals surface area contributed by atoms with E-state index >= 15 is 0 Å². The Hall–Kier alpha value is -1.36. The predicted octanol–water partition coefficient (Wildman–Crippen LogP) is 2.31. The fraction of sp³-hybridized carbons (Fsp3) is 0.571. The summed E-state index contributed by atoms with van der Waals surface area (Å²) in [5.41, 5.74) is 0. The van der Waals surface area contributed by atoms with E-state index in [0.29, 0.717) is 25.9 Å². The van der Waals surface area contributed by atoms with Crippen LogP contribution in [-0.4, -0.2) is 35.0 Å². The van der Waals surface area contributed by atoms with Crippen LogP contribution >= 0.6 is 11.3 Å². The summed E-state index contributed by atoms with van der Waals surface area (Å²) in [6.45, 7) is 3.05. The molecule has 0 spiro atoms. The highest BCUT2D eigenvalue weighted by atomic mass is 32.1. The SMILES string of the molecule is Cc1ccc(CCCC(=O)N2CCC(C(=O)O)C2)s1. The Balaban J connectivity index is 1.72. The molecule has 4 nitrogen and oxygen atoms in total. The summed E-state index contributed by atoms with van der Waals surface area (Å²) < 4.78 is 0. The highest BCUT2D eigenvalue weighted by molar-refractivity contribution is 7.11. The van der Waals surface area contributed by atoms with Gasteiger partial charge >= 0.3 is 5.97 Å². The number of rotatable bonds is 5. The first kappa shape index (κ1) is 14.1. The number of aliphatic carboxylic acids is 1. The van der Waals surface area contributed by atoms with Crippen LogP contribution in [-0.2, 0) is 16.0 Å². The number of carbonyl (C=O) groups excluding carboxylic acids is 1. The van der Waals surface area contributed by atoms with Crippen molar-refractivity contribution < 1.29 is 14.7 Å². The van der Waals surface area contributed by atoms with Crippen molar-refractivity contribution in [2.45, 2.75) is 32.6 Å². The molecule has 5 heteroatoms. The van der Waals surface area contributed by atoms with Crippen LogP contribution in [0.1, 0.15) is 29.0 Å². The monoisotopic (exact) mass is 281 g/mol. The standard InChI is InChI=1S/C14H19NO3S/c1-10-5-6-12(19-10)3-2-4-13(16)15-8-7-11(9-15)14(17)18/h5-6,11H,2-4,7-9H2,1H3,(H,17,18). The maximum atomic E-state index is 11.9. The third-order valence-electron chi connectivity index (χ3n) is 3.50. The van der Waals surface area contributed by atoms with Crippen molar-refractivity contribution >= 4 is 23.2 Å². The smallest absolute Gasteiger partial charge is 0.308 e. The van der Waals surface area contributed by atoms with Crippen LogP contribution in [0.5, 0.6) is 0 Å². The summed E-state index contributed by atoms with van der Waals surface area (Å²) in [4.78, 5) is 27.1. The molecular formula is C14H19NO3S. The number of aryl methyl sites for hydroxylation is 2. The van der Waals surface area contributed by atoms with Gasteiger partial charge in [-0.15, -0.1) is 11.3 Å². The van der Waals surface area contributed by atoms with Gasteiger partial charge in [-0.3, -0.25) is 9.59 Å². The van der Waals surface area contributed by atoms with Gasteiger partial charge in [-0.1, -0.05) is 0 Å². The molecule has 1 unspecified atom stereocenters. The number of hydrogen-bond donors (Lipinski definition) is 1. The van der Waals surface area contributed by atoms with Gasteiger partial charge in [-0.05, 0) is 38.3 Å². The summed E-state index contributed by atoms with van der Waals surface area (Å²) >= 11 is 1.77. The largest absolute Gasteiger partial charge is 0.481 e. The van der Waals surface area contributed by atoms with Gasteiger partial charge in [0.1, 0.15) is 0 Å². The molecule has 104 valence electrons. The molecule has 1 aliphatic heterocycles. The molecule has 2 rings (SSSR count). The highest BCUT2D eigenvalue weighted by Crippen LogP contribution is 2.20. The first-order valence-corrected chi connectivity index (χ1v) is 7.44. The molecule has 1 aromatic heterocycles. The van der Waals surface area contributed by atoms with Gasteiger partial charge in [0.2, 0.25) is 5.91 Å². The number of carbonyl (C=O) groups is 2. The lowest BCUT2D eigenvalue weighted by atomic mass is 10.1. The van der Waals surface area contributed by atoms with Crippen LogP contribution < -0.4 is 0 Å². The van der Waals surface area contributed by atoms with Gasteiger partial charge in [0.25, 0.3) is 0 Å². The maximum Gasteiger partial charge on any atom is 0.308 e. The first-order chi connectivity index (χ1) is 9.06. The fourth-order valence-corrected chi connectivity index (χ4v) is 3.31. The molecule has 0 radical (unpaired) electrons. The number of amides is 1. The minimum Gasteiger partial charge on any atom is -0.481 e. The van der Waals surface area contributed by atoms with E-state index in [2.05, 4.69) is 19.1 Å². The number of carboxylic acid groups (broad SMARTS) is 1. The molecule has 1 N–H and O–H groups in total. The number of carboxylic acids is 1. The Kier molecular flexibility index (Phi) is 4.58. The lowest BCUT2D eigenvalue weighted by Gasteiger charge is -2.15. The van der Waals surface area contributed by atoms with E-state index in [0.717, 1.165) is 12.8 Å². The molecular weight excluding hydrogens is 262 g/mol. The van der Waals surface area contributed by atoms with E-state index < -0.39 is 5.97 Å². The van der Waals surface area contributed by atoms with Crippen LogP contribution in [0, 0.1) is 12.8 Å². The number of nitrogens with zero attached hydrogens (tertiary/aromatic N) is 1. The Morgan fingerprint density at radius 3 is 2.84 bits per heavy atom. The van der Waals surface area contributed by atoms with Crippen molar-refractivity contribution in [3.63, 3.8) is 0 Å². The van der Waals surface area contributed by atoms with Crippen LogP contribution in [0.4, 0.5) is 0 Å². The van der Waals surface area contributed by atoms with E-state index in [-0.39, 0.29) is 11.8 Å². The predicted molar refractivity (Wildman–Crippen MR) is 74.3 cm³/mol. The van der Waals surface area contributed by atoms with Crippen molar-refractivity contribution in [2.75, 3.05) is 13.1 Å². The average molecular weight is 281 g/mol. The summed E-state index contributed by atoms with van der Waals surface area (Å²) in [7, 11) is 0. The molecule has 1 aromatic rings. The van der Waals surface area contributed by atoms with Crippen molar-refractivity contribution in [1.29, 1.82) is 0 Å². The van der Waals surface area contributed by atoms with Gasteiger partial charge in [0.05, 0.1) is 5.92 Å². The zero-order valence-corrected chi connectivity index (χ0v) is 11.9. The highest BCUT2D eigenvalue weighted by Gasteiger charge is 2.30. The lowest BCUT2D eigenvalue weighted by molar-refractivity contribution is -0.141. The summed E-state index contributed by atoms with van der Waals surface area (Å²) in [6.07, 6.45) is 2.88. The van der Waals surface area contributed by atoms with Gasteiger partial charge < -0.3 is 10.0 Å². The van der Waals surface area contributed by atoms with Crippen molar-refractivity contribution in [3.05, 3.63) is 21.9 Å². The van der Waals surface area contributed by atoms with Crippen LogP contribution in [0.25, 0.3) is 0 Å². The number of hydrogen-bond acceptors (Lipinski definition) is 3. The Morgan fingerprint density at radius 2 is 2.26 bits per heavy atom. The van der Waals surface area contributed by atoms with Crippen LogP contribution in [0.15, 0.2) is 12.1 Å².